The van der Waals surface area contributed by atoms with Gasteiger partial charge in [0.1, 0.15) is 0 Å². The topological polar surface area (TPSA) is 43.8 Å². The number of aliphatic hydroxyl groups excluding tert-OH is 1. The molecule has 1 N–H and O–H groups in total. The van der Waals surface area contributed by atoms with Gasteiger partial charge in [0.2, 0.25) is 5.91 Å². The van der Waals surface area contributed by atoms with Crippen molar-refractivity contribution < 1.29 is 9.90 Å². The first-order valence-electron chi connectivity index (χ1n) is 6.22. The average molecular weight is 250 g/mol. The Labute approximate surface area is 109 Å². The van der Waals surface area contributed by atoms with Crippen LogP contribution in [0, 0.1) is 0 Å². The lowest BCUT2D eigenvalue weighted by Gasteiger charge is -2.24. The van der Waals surface area contributed by atoms with Crippen LogP contribution in [-0.2, 0) is 11.3 Å². The van der Waals surface area contributed by atoms with Crippen molar-refractivity contribution in [2.45, 2.75) is 13.5 Å². The zero-order valence-corrected chi connectivity index (χ0v) is 11.2. The van der Waals surface area contributed by atoms with E-state index in [4.69, 9.17) is 5.11 Å². The van der Waals surface area contributed by atoms with Crippen LogP contribution >= 0.6 is 0 Å². The van der Waals surface area contributed by atoms with Crippen molar-refractivity contribution >= 4 is 5.91 Å². The van der Waals surface area contributed by atoms with E-state index in [1.54, 1.807) is 18.9 Å². The van der Waals surface area contributed by atoms with Crippen molar-refractivity contribution in [3.05, 3.63) is 35.9 Å². The fraction of sp³-hybridized carbons (Fsp3) is 0.500. The molecule has 1 aromatic carbocycles. The van der Waals surface area contributed by atoms with Gasteiger partial charge in [-0.15, -0.1) is 0 Å². The molecule has 0 bridgehead atoms. The molecule has 0 heterocycles. The van der Waals surface area contributed by atoms with Gasteiger partial charge < -0.3 is 10.0 Å². The first kappa shape index (κ1) is 14.7. The van der Waals surface area contributed by atoms with Crippen molar-refractivity contribution in [3.63, 3.8) is 0 Å². The van der Waals surface area contributed by atoms with Gasteiger partial charge in [0, 0.05) is 40.2 Å². The number of hydrogen-bond donors (Lipinski definition) is 1. The molecule has 0 spiro atoms. The van der Waals surface area contributed by atoms with Crippen LogP contribution in [0.15, 0.2) is 30.3 Å². The third-order valence-corrected chi connectivity index (χ3v) is 2.95. The number of carbonyl (C=O) groups excluding carboxylic acids is 1. The summed E-state index contributed by atoms with van der Waals surface area (Å²) in [6.45, 7) is 4.58. The molecule has 0 unspecified atom stereocenters. The highest BCUT2D eigenvalue weighted by Crippen LogP contribution is 2.04. The van der Waals surface area contributed by atoms with Crippen LogP contribution in [0.2, 0.25) is 0 Å². The van der Waals surface area contributed by atoms with Crippen LogP contribution in [0.1, 0.15) is 12.5 Å². The van der Waals surface area contributed by atoms with E-state index in [0.29, 0.717) is 13.1 Å². The Morgan fingerprint density at radius 2 is 1.83 bits per heavy atom. The van der Waals surface area contributed by atoms with E-state index < -0.39 is 0 Å². The summed E-state index contributed by atoms with van der Waals surface area (Å²) in [5.74, 6) is 0.0682. The smallest absolute Gasteiger partial charge is 0.219 e. The van der Waals surface area contributed by atoms with Crippen molar-refractivity contribution in [2.24, 2.45) is 0 Å². The van der Waals surface area contributed by atoms with Crippen molar-refractivity contribution in [1.82, 2.24) is 9.80 Å². The summed E-state index contributed by atoms with van der Waals surface area (Å²) in [5, 5.41) is 9.07. The van der Waals surface area contributed by atoms with Gasteiger partial charge in [-0.2, -0.15) is 0 Å². The van der Waals surface area contributed by atoms with E-state index in [1.165, 1.54) is 5.56 Å². The fourth-order valence-electron chi connectivity index (χ4n) is 1.70. The molecule has 18 heavy (non-hydrogen) atoms. The molecule has 0 aliphatic carbocycles. The van der Waals surface area contributed by atoms with Gasteiger partial charge in [-0.3, -0.25) is 9.69 Å². The molecule has 4 heteroatoms. The van der Waals surface area contributed by atoms with Gasteiger partial charge in [0.05, 0.1) is 6.61 Å². The second-order valence-electron chi connectivity index (χ2n) is 4.43. The zero-order chi connectivity index (χ0) is 13.4. The number of rotatable bonds is 7. The number of amides is 1. The molecule has 0 radical (unpaired) electrons. The number of nitrogens with zero attached hydrogens (tertiary/aromatic N) is 2. The molecule has 0 fully saturated rings. The Hall–Kier alpha value is -1.39. The molecular weight excluding hydrogens is 228 g/mol. The molecule has 0 aliphatic rings. The maximum Gasteiger partial charge on any atom is 0.219 e. The monoisotopic (exact) mass is 250 g/mol. The molecule has 1 aromatic rings. The third-order valence-electron chi connectivity index (χ3n) is 2.95. The summed E-state index contributed by atoms with van der Waals surface area (Å²) in [5.41, 5.74) is 1.22. The average Bonchev–Trinajstić information content (AvgIpc) is 2.37. The van der Waals surface area contributed by atoms with Gasteiger partial charge in [0.25, 0.3) is 0 Å². The second-order valence-corrected chi connectivity index (χ2v) is 4.43. The highest BCUT2D eigenvalue weighted by atomic mass is 16.3. The number of carbonyl (C=O) groups is 1. The second kappa shape index (κ2) is 7.84. The zero-order valence-electron chi connectivity index (χ0n) is 11.2. The minimum absolute atomic E-state index is 0.0682. The van der Waals surface area contributed by atoms with Crippen LogP contribution in [-0.4, -0.2) is 54.1 Å². The fourth-order valence-corrected chi connectivity index (χ4v) is 1.70. The highest BCUT2D eigenvalue weighted by Gasteiger charge is 2.08. The summed E-state index contributed by atoms with van der Waals surface area (Å²) in [4.78, 5) is 15.0. The molecule has 1 amide bonds. The summed E-state index contributed by atoms with van der Waals surface area (Å²) < 4.78 is 0. The number of likely N-dealkylation sites (N-methyl/N-ethyl adjacent to an activating group) is 1. The maximum absolute atomic E-state index is 11.1. The van der Waals surface area contributed by atoms with Crippen LogP contribution in [0.3, 0.4) is 0 Å². The van der Waals surface area contributed by atoms with Crippen molar-refractivity contribution in [2.75, 3.05) is 33.3 Å². The maximum atomic E-state index is 11.1. The molecule has 0 saturated carbocycles. The number of aliphatic hydroxyl groups is 1. The van der Waals surface area contributed by atoms with Crippen LogP contribution in [0.25, 0.3) is 0 Å². The molecule has 0 saturated heterocycles. The molecule has 0 aromatic heterocycles. The first-order chi connectivity index (χ1) is 8.63. The molecule has 0 atom stereocenters. The Morgan fingerprint density at radius 1 is 1.17 bits per heavy atom. The van der Waals surface area contributed by atoms with Crippen LogP contribution in [0.4, 0.5) is 0 Å². The van der Waals surface area contributed by atoms with Crippen molar-refractivity contribution in [1.29, 1.82) is 0 Å². The molecule has 4 nitrogen and oxygen atoms in total. The third kappa shape index (κ3) is 5.29. The minimum Gasteiger partial charge on any atom is -0.395 e. The van der Waals surface area contributed by atoms with Gasteiger partial charge >= 0.3 is 0 Å². The molecule has 100 valence electrons. The van der Waals surface area contributed by atoms with Gasteiger partial charge in [-0.05, 0) is 5.56 Å². The lowest BCUT2D eigenvalue weighted by Crippen LogP contribution is -2.36. The SMILES string of the molecule is CC(=O)N(C)CCN(CCO)Cc1ccccc1. The summed E-state index contributed by atoms with van der Waals surface area (Å²) >= 11 is 0. The predicted octanol–water partition coefficient (Wildman–Crippen LogP) is 0.959. The number of benzene rings is 1. The lowest BCUT2D eigenvalue weighted by molar-refractivity contribution is -0.127. The summed E-state index contributed by atoms with van der Waals surface area (Å²) in [6, 6.07) is 10.1. The van der Waals surface area contributed by atoms with Gasteiger partial charge in [0.15, 0.2) is 0 Å². The van der Waals surface area contributed by atoms with Crippen LogP contribution in [0.5, 0.6) is 0 Å². The summed E-state index contributed by atoms with van der Waals surface area (Å²) in [6.07, 6.45) is 0. The van der Waals surface area contributed by atoms with Gasteiger partial charge in [-0.25, -0.2) is 0 Å². The molecule has 0 aliphatic heterocycles. The Morgan fingerprint density at radius 3 is 2.39 bits per heavy atom. The van der Waals surface area contributed by atoms with Gasteiger partial charge in [-0.1, -0.05) is 30.3 Å². The number of hydrogen-bond acceptors (Lipinski definition) is 3. The van der Waals surface area contributed by atoms with Crippen LogP contribution < -0.4 is 0 Å². The molecular formula is C14H22N2O2. The largest absolute Gasteiger partial charge is 0.395 e. The van der Waals surface area contributed by atoms with E-state index in [9.17, 15) is 4.79 Å². The Bertz CT molecular complexity index is 354. The quantitative estimate of drug-likeness (QED) is 0.784. The van der Waals surface area contributed by atoms with Crippen molar-refractivity contribution in [3.8, 4) is 0 Å². The lowest BCUT2D eigenvalue weighted by atomic mass is 10.2. The first-order valence-corrected chi connectivity index (χ1v) is 6.22. The summed E-state index contributed by atoms with van der Waals surface area (Å²) in [7, 11) is 1.79. The van der Waals surface area contributed by atoms with E-state index in [-0.39, 0.29) is 12.5 Å². The minimum atomic E-state index is 0.0682. The van der Waals surface area contributed by atoms with E-state index in [2.05, 4.69) is 17.0 Å². The Kier molecular flexibility index (Phi) is 6.39. The van der Waals surface area contributed by atoms with E-state index in [0.717, 1.165) is 13.1 Å². The predicted molar refractivity (Wildman–Crippen MR) is 72.1 cm³/mol. The highest BCUT2D eigenvalue weighted by molar-refractivity contribution is 5.72. The van der Waals surface area contributed by atoms with E-state index >= 15 is 0 Å². The Balaban J connectivity index is 2.47. The molecule has 1 rings (SSSR count). The normalized spacial score (nSPS) is 10.7. The van der Waals surface area contributed by atoms with E-state index in [1.807, 2.05) is 18.2 Å². The standard InChI is InChI=1S/C14H22N2O2/c1-13(18)15(2)8-9-16(10-11-17)12-14-6-4-3-5-7-14/h3-7,17H,8-12H2,1-2H3.